The molecule has 5 heteroatoms. The van der Waals surface area contributed by atoms with Gasteiger partial charge in [-0.1, -0.05) is 0 Å². The van der Waals surface area contributed by atoms with Crippen molar-refractivity contribution in [1.82, 2.24) is 5.32 Å². The first-order valence-electron chi connectivity index (χ1n) is 4.78. The zero-order valence-corrected chi connectivity index (χ0v) is 8.16. The Morgan fingerprint density at radius 1 is 1.50 bits per heavy atom. The second-order valence-corrected chi connectivity index (χ2v) is 3.34. The minimum atomic E-state index is -0.851. The number of carboxylic acids is 1. The first kappa shape index (κ1) is 11.0. The maximum Gasteiger partial charge on any atom is 0.320 e. The van der Waals surface area contributed by atoms with E-state index in [1.54, 1.807) is 6.92 Å². The van der Waals surface area contributed by atoms with Crippen molar-refractivity contribution in [3.8, 4) is 0 Å². The number of carbonyl (C=O) groups is 2. The molecule has 80 valence electrons. The Balaban J connectivity index is 2.28. The fourth-order valence-electron chi connectivity index (χ4n) is 1.60. The molecule has 1 unspecified atom stereocenters. The molecule has 0 bridgehead atoms. The molecule has 0 aromatic carbocycles. The molecule has 0 aromatic rings. The van der Waals surface area contributed by atoms with Crippen LogP contribution in [0.25, 0.3) is 0 Å². The van der Waals surface area contributed by atoms with E-state index in [0.717, 1.165) is 6.42 Å². The third-order valence-electron chi connectivity index (χ3n) is 2.26. The molecule has 1 aliphatic heterocycles. The van der Waals surface area contributed by atoms with E-state index in [4.69, 9.17) is 9.84 Å². The highest BCUT2D eigenvalue weighted by molar-refractivity contribution is 5.74. The van der Waals surface area contributed by atoms with Crippen LogP contribution >= 0.6 is 0 Å². The summed E-state index contributed by atoms with van der Waals surface area (Å²) in [7, 11) is 0. The van der Waals surface area contributed by atoms with E-state index in [0.29, 0.717) is 13.0 Å². The van der Waals surface area contributed by atoms with Gasteiger partial charge in [-0.2, -0.15) is 0 Å². The number of hydrogen-bond donors (Lipinski definition) is 2. The lowest BCUT2D eigenvalue weighted by Crippen LogP contribution is -2.36. The molecule has 2 N–H and O–H groups in total. The molecule has 0 saturated carbocycles. The Bertz CT molecular complexity index is 229. The Morgan fingerprint density at radius 2 is 2.21 bits per heavy atom. The second kappa shape index (κ2) is 4.95. The van der Waals surface area contributed by atoms with Gasteiger partial charge in [-0.05, 0) is 19.8 Å². The number of rotatable bonds is 4. The average Bonchev–Trinajstić information content (AvgIpc) is 2.53. The first-order chi connectivity index (χ1) is 6.63. The molecule has 2 atom stereocenters. The number of ether oxygens (including phenoxy) is 1. The van der Waals surface area contributed by atoms with E-state index in [2.05, 4.69) is 5.32 Å². The summed E-state index contributed by atoms with van der Waals surface area (Å²) >= 11 is 0. The summed E-state index contributed by atoms with van der Waals surface area (Å²) in [5.41, 5.74) is 0. The number of nitrogens with one attached hydrogen (secondary N) is 1. The van der Waals surface area contributed by atoms with Crippen LogP contribution < -0.4 is 5.32 Å². The summed E-state index contributed by atoms with van der Waals surface area (Å²) in [6.45, 7) is 2.12. The average molecular weight is 201 g/mol. The highest BCUT2D eigenvalue weighted by Gasteiger charge is 2.30. The van der Waals surface area contributed by atoms with E-state index in [-0.39, 0.29) is 18.4 Å². The van der Waals surface area contributed by atoms with E-state index in [9.17, 15) is 9.59 Å². The molecule has 1 rings (SSSR count). The molecule has 5 nitrogen and oxygen atoms in total. The maximum absolute atomic E-state index is 11.1. The molecule has 1 saturated heterocycles. The lowest BCUT2D eigenvalue weighted by atomic mass is 10.1. The second-order valence-electron chi connectivity index (χ2n) is 3.34. The number of hydrogen-bond acceptors (Lipinski definition) is 4. The number of carbonyl (C=O) groups excluding carboxylic acids is 1. The summed E-state index contributed by atoms with van der Waals surface area (Å²) in [5, 5.41) is 11.6. The lowest BCUT2D eigenvalue weighted by molar-refractivity contribution is -0.144. The van der Waals surface area contributed by atoms with Crippen LogP contribution in [0.1, 0.15) is 26.2 Å². The van der Waals surface area contributed by atoms with Crippen LogP contribution in [0.2, 0.25) is 0 Å². The van der Waals surface area contributed by atoms with Crippen molar-refractivity contribution in [3.63, 3.8) is 0 Å². The van der Waals surface area contributed by atoms with Crippen LogP contribution in [-0.2, 0) is 14.3 Å². The summed E-state index contributed by atoms with van der Waals surface area (Å²) < 4.78 is 4.77. The van der Waals surface area contributed by atoms with Crippen LogP contribution in [0, 0.1) is 0 Å². The third kappa shape index (κ3) is 2.99. The normalized spacial score (nSPS) is 26.1. The molecule has 0 amide bonds. The zero-order chi connectivity index (χ0) is 10.6. The smallest absolute Gasteiger partial charge is 0.320 e. The van der Waals surface area contributed by atoms with Crippen LogP contribution in [-0.4, -0.2) is 35.7 Å². The Kier molecular flexibility index (Phi) is 3.88. The van der Waals surface area contributed by atoms with Gasteiger partial charge in [-0.3, -0.25) is 9.59 Å². The number of esters is 1. The van der Waals surface area contributed by atoms with E-state index >= 15 is 0 Å². The summed E-state index contributed by atoms with van der Waals surface area (Å²) in [6, 6.07) is -0.551. The van der Waals surface area contributed by atoms with Crippen LogP contribution in [0.15, 0.2) is 0 Å². The summed E-state index contributed by atoms with van der Waals surface area (Å²) in [6.07, 6.45) is 1.56. The number of aliphatic carboxylic acids is 1. The largest absolute Gasteiger partial charge is 0.480 e. The van der Waals surface area contributed by atoms with Crippen molar-refractivity contribution in [3.05, 3.63) is 0 Å². The van der Waals surface area contributed by atoms with Gasteiger partial charge < -0.3 is 15.2 Å². The van der Waals surface area contributed by atoms with Gasteiger partial charge in [-0.15, -0.1) is 0 Å². The molecule has 14 heavy (non-hydrogen) atoms. The molecular weight excluding hydrogens is 186 g/mol. The van der Waals surface area contributed by atoms with Crippen molar-refractivity contribution in [1.29, 1.82) is 0 Å². The third-order valence-corrected chi connectivity index (χ3v) is 2.26. The van der Waals surface area contributed by atoms with Crippen molar-refractivity contribution >= 4 is 11.9 Å². The number of carboxylic acid groups (broad SMARTS) is 1. The molecule has 0 spiro atoms. The monoisotopic (exact) mass is 201 g/mol. The Labute approximate surface area is 82.4 Å². The van der Waals surface area contributed by atoms with E-state index < -0.39 is 12.0 Å². The van der Waals surface area contributed by atoms with Gasteiger partial charge in [0.2, 0.25) is 0 Å². The fourth-order valence-corrected chi connectivity index (χ4v) is 1.60. The van der Waals surface area contributed by atoms with Gasteiger partial charge in [0.05, 0.1) is 13.0 Å². The van der Waals surface area contributed by atoms with Gasteiger partial charge >= 0.3 is 11.9 Å². The first-order valence-corrected chi connectivity index (χ1v) is 4.78. The summed E-state index contributed by atoms with van der Waals surface area (Å²) in [4.78, 5) is 21.6. The van der Waals surface area contributed by atoms with Crippen LogP contribution in [0.3, 0.4) is 0 Å². The molecule has 0 radical (unpaired) electrons. The molecule has 1 heterocycles. The van der Waals surface area contributed by atoms with E-state index in [1.807, 2.05) is 0 Å². The van der Waals surface area contributed by atoms with Crippen LogP contribution in [0.4, 0.5) is 0 Å². The van der Waals surface area contributed by atoms with Crippen molar-refractivity contribution < 1.29 is 19.4 Å². The van der Waals surface area contributed by atoms with Gasteiger partial charge in [-0.25, -0.2) is 0 Å². The fraction of sp³-hybridized carbons (Fsp3) is 0.778. The molecule has 1 aliphatic rings. The SMILES string of the molecule is CCOC(=O)CC1CC[C@@H](C(=O)O)N1. The van der Waals surface area contributed by atoms with Crippen molar-refractivity contribution in [2.45, 2.75) is 38.3 Å². The minimum absolute atomic E-state index is 0.0462. The molecular formula is C9H15NO4. The Morgan fingerprint density at radius 3 is 2.71 bits per heavy atom. The van der Waals surface area contributed by atoms with E-state index in [1.165, 1.54) is 0 Å². The highest BCUT2D eigenvalue weighted by Crippen LogP contribution is 2.15. The maximum atomic E-state index is 11.1. The predicted molar refractivity (Wildman–Crippen MR) is 48.8 cm³/mol. The minimum Gasteiger partial charge on any atom is -0.480 e. The Hall–Kier alpha value is -1.10. The topological polar surface area (TPSA) is 75.6 Å². The van der Waals surface area contributed by atoms with Gasteiger partial charge in [0.25, 0.3) is 0 Å². The molecule has 1 fully saturated rings. The zero-order valence-electron chi connectivity index (χ0n) is 8.16. The van der Waals surface area contributed by atoms with Gasteiger partial charge in [0, 0.05) is 6.04 Å². The van der Waals surface area contributed by atoms with Crippen molar-refractivity contribution in [2.75, 3.05) is 6.61 Å². The lowest BCUT2D eigenvalue weighted by Gasteiger charge is -2.10. The standard InChI is InChI=1S/C9H15NO4/c1-2-14-8(11)5-6-3-4-7(10-6)9(12)13/h6-7,10H,2-5H2,1H3,(H,12,13)/t6?,7-/m0/s1. The summed E-state index contributed by atoms with van der Waals surface area (Å²) in [5.74, 6) is -1.12. The molecule has 0 aliphatic carbocycles. The predicted octanol–water partition coefficient (Wildman–Crippen LogP) is 0.145. The van der Waals surface area contributed by atoms with Crippen molar-refractivity contribution in [2.24, 2.45) is 0 Å². The quantitative estimate of drug-likeness (QED) is 0.633. The highest BCUT2D eigenvalue weighted by atomic mass is 16.5. The van der Waals surface area contributed by atoms with Crippen LogP contribution in [0.5, 0.6) is 0 Å². The van der Waals surface area contributed by atoms with Gasteiger partial charge in [0.15, 0.2) is 0 Å². The molecule has 0 aromatic heterocycles. The van der Waals surface area contributed by atoms with Gasteiger partial charge in [0.1, 0.15) is 6.04 Å².